The Bertz CT molecular complexity index is 270. The minimum atomic E-state index is 0.753. The second-order valence-corrected chi connectivity index (χ2v) is 3.98. The van der Waals surface area contributed by atoms with Crippen LogP contribution in [-0.4, -0.2) is 0 Å². The third-order valence-corrected chi connectivity index (χ3v) is 2.72. The number of hydrogen-bond acceptors (Lipinski definition) is 0. The van der Waals surface area contributed by atoms with Gasteiger partial charge < -0.3 is 0 Å². The molecule has 2 aliphatic carbocycles. The van der Waals surface area contributed by atoms with Crippen molar-refractivity contribution in [2.24, 2.45) is 0 Å². The van der Waals surface area contributed by atoms with Gasteiger partial charge in [0.25, 0.3) is 0 Å². The van der Waals surface area contributed by atoms with Crippen molar-refractivity contribution in [3.8, 4) is 0 Å². The molecule has 0 spiro atoms. The molecule has 2 aliphatic rings. The number of hydrogen-bond donors (Lipinski definition) is 0. The first kappa shape index (κ1) is 6.64. The fraction of sp³-hybridized carbons (Fsp3) is 0.545. The normalized spacial score (nSPS) is 22.7. The highest BCUT2D eigenvalue weighted by Gasteiger charge is 2.38. The van der Waals surface area contributed by atoms with Crippen LogP contribution in [0.5, 0.6) is 0 Å². The van der Waals surface area contributed by atoms with E-state index >= 15 is 0 Å². The minimum absolute atomic E-state index is 0.753. The maximum atomic E-state index is 5.83. The molecular formula is C11H13O+. The van der Waals surface area contributed by atoms with E-state index < -0.39 is 0 Å². The smallest absolute Gasteiger partial charge is 0.217 e. The van der Waals surface area contributed by atoms with E-state index in [2.05, 4.69) is 18.2 Å². The summed E-state index contributed by atoms with van der Waals surface area (Å²) < 4.78 is 5.83. The Morgan fingerprint density at radius 1 is 0.917 bits per heavy atom. The van der Waals surface area contributed by atoms with Crippen LogP contribution >= 0.6 is 0 Å². The van der Waals surface area contributed by atoms with E-state index in [0.29, 0.717) is 0 Å². The average molecular weight is 161 g/mol. The van der Waals surface area contributed by atoms with Gasteiger partial charge in [-0.25, -0.2) is 4.42 Å². The first-order chi connectivity index (χ1) is 5.93. The maximum Gasteiger partial charge on any atom is 0.332 e. The summed E-state index contributed by atoms with van der Waals surface area (Å²) in [5.74, 6) is 3.95. The third kappa shape index (κ3) is 1.13. The van der Waals surface area contributed by atoms with Gasteiger partial charge in [0.1, 0.15) is 0 Å². The molecule has 12 heavy (non-hydrogen) atoms. The summed E-state index contributed by atoms with van der Waals surface area (Å²) in [6.07, 6.45) is 5.32. The lowest BCUT2D eigenvalue weighted by molar-refractivity contribution is 0.449. The molecule has 0 amide bonds. The van der Waals surface area contributed by atoms with E-state index in [1.54, 1.807) is 0 Å². The zero-order valence-electron chi connectivity index (χ0n) is 7.12. The Hall–Kier alpha value is -0.850. The van der Waals surface area contributed by atoms with Crippen molar-refractivity contribution in [2.45, 2.75) is 37.5 Å². The summed E-state index contributed by atoms with van der Waals surface area (Å²) in [7, 11) is 0. The van der Waals surface area contributed by atoms with Crippen LogP contribution in [0, 0.1) is 0 Å². The SMILES string of the molecule is c1cc(C2CC2)[o+]c(C2CC2)c1. The van der Waals surface area contributed by atoms with Gasteiger partial charge in [0, 0.05) is 12.1 Å². The molecule has 2 saturated carbocycles. The molecule has 1 heterocycles. The van der Waals surface area contributed by atoms with Gasteiger partial charge in [-0.3, -0.25) is 0 Å². The van der Waals surface area contributed by atoms with Crippen LogP contribution in [-0.2, 0) is 0 Å². The summed E-state index contributed by atoms with van der Waals surface area (Å²) in [6, 6.07) is 6.40. The summed E-state index contributed by atoms with van der Waals surface area (Å²) in [5, 5.41) is 0. The summed E-state index contributed by atoms with van der Waals surface area (Å²) in [5.41, 5.74) is 0. The first-order valence-corrected chi connectivity index (χ1v) is 4.86. The molecule has 0 atom stereocenters. The van der Waals surface area contributed by atoms with Crippen LogP contribution in [0.4, 0.5) is 0 Å². The fourth-order valence-electron chi connectivity index (χ4n) is 1.62. The molecule has 1 aromatic rings. The highest BCUT2D eigenvalue weighted by molar-refractivity contribution is 5.18. The molecule has 2 fully saturated rings. The van der Waals surface area contributed by atoms with Crippen molar-refractivity contribution in [3.63, 3.8) is 0 Å². The van der Waals surface area contributed by atoms with Crippen LogP contribution in [0.3, 0.4) is 0 Å². The van der Waals surface area contributed by atoms with Gasteiger partial charge in [-0.2, -0.15) is 0 Å². The Kier molecular flexibility index (Phi) is 1.28. The lowest BCUT2D eigenvalue weighted by atomic mass is 10.2. The van der Waals surface area contributed by atoms with Crippen LogP contribution in [0.2, 0.25) is 0 Å². The second-order valence-electron chi connectivity index (χ2n) is 3.98. The van der Waals surface area contributed by atoms with Crippen LogP contribution in [0.25, 0.3) is 0 Å². The van der Waals surface area contributed by atoms with Gasteiger partial charge in [0.2, 0.25) is 0 Å². The highest BCUT2D eigenvalue weighted by atomic mass is 16.3. The van der Waals surface area contributed by atoms with Crippen molar-refractivity contribution >= 4 is 0 Å². The molecule has 0 aromatic carbocycles. The van der Waals surface area contributed by atoms with E-state index in [1.807, 2.05) is 0 Å². The van der Waals surface area contributed by atoms with Crippen molar-refractivity contribution < 1.29 is 4.42 Å². The number of rotatable bonds is 2. The molecule has 0 N–H and O–H groups in total. The summed E-state index contributed by atoms with van der Waals surface area (Å²) in [4.78, 5) is 0. The van der Waals surface area contributed by atoms with Gasteiger partial charge in [0.15, 0.2) is 0 Å². The topological polar surface area (TPSA) is 11.3 Å². The Balaban J connectivity index is 1.93. The molecule has 1 heteroatoms. The standard InChI is InChI=1S/C11H13O/c1-2-10(8-4-5-8)12-11(3-1)9-6-7-9/h1-3,8-9H,4-7H2/q+1. The van der Waals surface area contributed by atoms with Gasteiger partial charge in [0.05, 0.1) is 11.8 Å². The highest BCUT2D eigenvalue weighted by Crippen LogP contribution is 2.44. The Labute approximate surface area is 72.4 Å². The van der Waals surface area contributed by atoms with E-state index in [-0.39, 0.29) is 0 Å². The minimum Gasteiger partial charge on any atom is -0.217 e. The molecular weight excluding hydrogens is 148 g/mol. The molecule has 3 rings (SSSR count). The third-order valence-electron chi connectivity index (χ3n) is 2.72. The van der Waals surface area contributed by atoms with E-state index in [4.69, 9.17) is 4.42 Å². The monoisotopic (exact) mass is 161 g/mol. The fourth-order valence-corrected chi connectivity index (χ4v) is 1.62. The second kappa shape index (κ2) is 2.32. The van der Waals surface area contributed by atoms with E-state index in [9.17, 15) is 0 Å². The van der Waals surface area contributed by atoms with Crippen LogP contribution in [0.1, 0.15) is 49.0 Å². The molecule has 62 valence electrons. The molecule has 0 aliphatic heterocycles. The molecule has 0 saturated heterocycles. The average Bonchev–Trinajstić information content (AvgIpc) is 2.98. The molecule has 1 aromatic heterocycles. The van der Waals surface area contributed by atoms with E-state index in [1.165, 1.54) is 37.2 Å². The van der Waals surface area contributed by atoms with Gasteiger partial charge in [-0.1, -0.05) is 0 Å². The van der Waals surface area contributed by atoms with Gasteiger partial charge >= 0.3 is 11.5 Å². The van der Waals surface area contributed by atoms with E-state index in [0.717, 1.165) is 11.8 Å². The Morgan fingerprint density at radius 2 is 1.42 bits per heavy atom. The zero-order valence-corrected chi connectivity index (χ0v) is 7.12. The van der Waals surface area contributed by atoms with Crippen molar-refractivity contribution in [2.75, 3.05) is 0 Å². The molecule has 1 nitrogen and oxygen atoms in total. The predicted molar refractivity (Wildman–Crippen MR) is 47.1 cm³/mol. The maximum absolute atomic E-state index is 5.83. The first-order valence-electron chi connectivity index (χ1n) is 4.86. The molecule has 0 radical (unpaired) electrons. The van der Waals surface area contributed by atoms with Gasteiger partial charge in [-0.05, 0) is 31.7 Å². The quantitative estimate of drug-likeness (QED) is 0.605. The van der Waals surface area contributed by atoms with Crippen molar-refractivity contribution in [1.29, 1.82) is 0 Å². The lowest BCUT2D eigenvalue weighted by Crippen LogP contribution is -1.83. The Morgan fingerprint density at radius 3 is 1.83 bits per heavy atom. The van der Waals surface area contributed by atoms with Crippen molar-refractivity contribution in [1.82, 2.24) is 0 Å². The molecule has 0 bridgehead atoms. The largest absolute Gasteiger partial charge is 0.332 e. The summed E-state index contributed by atoms with van der Waals surface area (Å²) >= 11 is 0. The van der Waals surface area contributed by atoms with Crippen molar-refractivity contribution in [3.05, 3.63) is 29.7 Å². The summed E-state index contributed by atoms with van der Waals surface area (Å²) in [6.45, 7) is 0. The zero-order chi connectivity index (χ0) is 7.97. The molecule has 0 unspecified atom stereocenters. The van der Waals surface area contributed by atoms with Crippen LogP contribution < -0.4 is 0 Å². The lowest BCUT2D eigenvalue weighted by Gasteiger charge is -1.86. The van der Waals surface area contributed by atoms with Gasteiger partial charge in [-0.15, -0.1) is 0 Å². The predicted octanol–water partition coefficient (Wildman–Crippen LogP) is 3.32. The van der Waals surface area contributed by atoms with Crippen LogP contribution in [0.15, 0.2) is 22.6 Å².